The molecular formula is C13H19BrN4O2. The zero-order chi connectivity index (χ0) is 14.7. The Hall–Kier alpha value is -1.37. The molecule has 1 saturated carbocycles. The molecule has 0 bridgehead atoms. The van der Waals surface area contributed by atoms with Crippen molar-refractivity contribution in [2.45, 2.75) is 44.1 Å². The van der Waals surface area contributed by atoms with Crippen LogP contribution in [0.15, 0.2) is 12.4 Å². The van der Waals surface area contributed by atoms with Gasteiger partial charge in [-0.05, 0) is 18.8 Å². The van der Waals surface area contributed by atoms with E-state index in [1.807, 2.05) is 13.8 Å². The lowest BCUT2D eigenvalue weighted by molar-refractivity contribution is -0.122. The minimum Gasteiger partial charge on any atom is -0.352 e. The molecule has 6 nitrogen and oxygen atoms in total. The highest BCUT2D eigenvalue weighted by Crippen LogP contribution is 2.18. The fourth-order valence-corrected chi connectivity index (χ4v) is 1.79. The van der Waals surface area contributed by atoms with E-state index in [0.29, 0.717) is 11.7 Å². The van der Waals surface area contributed by atoms with Gasteiger partial charge in [-0.1, -0.05) is 29.8 Å². The number of halogens is 1. The van der Waals surface area contributed by atoms with Crippen LogP contribution in [0.3, 0.4) is 0 Å². The van der Waals surface area contributed by atoms with Crippen molar-refractivity contribution in [2.75, 3.05) is 5.32 Å². The molecule has 1 aliphatic rings. The van der Waals surface area contributed by atoms with Crippen LogP contribution in [-0.2, 0) is 16.1 Å². The van der Waals surface area contributed by atoms with Gasteiger partial charge >= 0.3 is 0 Å². The molecule has 2 amide bonds. The second kappa shape index (κ2) is 6.39. The van der Waals surface area contributed by atoms with Gasteiger partial charge in [-0.15, -0.1) is 0 Å². The van der Waals surface area contributed by atoms with Crippen LogP contribution in [0.5, 0.6) is 0 Å². The Labute approximate surface area is 126 Å². The number of carbonyl (C=O) groups excluding carboxylic acids is 2. The van der Waals surface area contributed by atoms with Gasteiger partial charge in [-0.3, -0.25) is 14.3 Å². The standard InChI is InChI=1S/C13H19BrN4O2/c1-8(2)12(14)13(20)17-10-5-15-18(6-10)7-11(19)16-9-3-4-9/h5-6,8-9,12H,3-4,7H2,1-2H3,(H,16,19)(H,17,20). The van der Waals surface area contributed by atoms with E-state index >= 15 is 0 Å². The van der Waals surface area contributed by atoms with Crippen LogP contribution in [0.1, 0.15) is 26.7 Å². The first kappa shape index (κ1) is 15.0. The number of aromatic nitrogens is 2. The molecule has 0 aromatic carbocycles. The Morgan fingerprint density at radius 1 is 1.50 bits per heavy atom. The number of rotatable bonds is 6. The van der Waals surface area contributed by atoms with Crippen molar-refractivity contribution in [1.82, 2.24) is 15.1 Å². The minimum absolute atomic E-state index is 0.0472. The average Bonchev–Trinajstić information content (AvgIpc) is 3.08. The predicted molar refractivity (Wildman–Crippen MR) is 79.6 cm³/mol. The highest BCUT2D eigenvalue weighted by Gasteiger charge is 2.23. The first-order chi connectivity index (χ1) is 9.45. The van der Waals surface area contributed by atoms with E-state index in [4.69, 9.17) is 0 Å². The van der Waals surface area contributed by atoms with Crippen molar-refractivity contribution in [3.8, 4) is 0 Å². The van der Waals surface area contributed by atoms with Crippen molar-refractivity contribution in [2.24, 2.45) is 5.92 Å². The first-order valence-corrected chi connectivity index (χ1v) is 7.64. The lowest BCUT2D eigenvalue weighted by atomic mass is 10.1. The van der Waals surface area contributed by atoms with E-state index in [-0.39, 0.29) is 29.1 Å². The van der Waals surface area contributed by atoms with Crippen LogP contribution in [0, 0.1) is 5.92 Å². The molecule has 0 aliphatic heterocycles. The van der Waals surface area contributed by atoms with E-state index < -0.39 is 0 Å². The summed E-state index contributed by atoms with van der Waals surface area (Å²) in [5.41, 5.74) is 0.597. The van der Waals surface area contributed by atoms with E-state index in [1.54, 1.807) is 12.4 Å². The lowest BCUT2D eigenvalue weighted by Gasteiger charge is -2.12. The van der Waals surface area contributed by atoms with Crippen LogP contribution >= 0.6 is 15.9 Å². The molecular weight excluding hydrogens is 324 g/mol. The maximum Gasteiger partial charge on any atom is 0.241 e. The Bertz CT molecular complexity index is 496. The van der Waals surface area contributed by atoms with Crippen LogP contribution < -0.4 is 10.6 Å². The fraction of sp³-hybridized carbons (Fsp3) is 0.615. The Morgan fingerprint density at radius 3 is 2.80 bits per heavy atom. The van der Waals surface area contributed by atoms with Gasteiger partial charge in [-0.2, -0.15) is 5.10 Å². The summed E-state index contributed by atoms with van der Waals surface area (Å²) in [6.45, 7) is 4.10. The summed E-state index contributed by atoms with van der Waals surface area (Å²) in [6, 6.07) is 0.345. The molecule has 1 aromatic rings. The number of anilines is 1. The summed E-state index contributed by atoms with van der Waals surface area (Å²) in [5, 5.41) is 9.73. The van der Waals surface area contributed by atoms with Crippen molar-refractivity contribution in [3.05, 3.63) is 12.4 Å². The number of nitrogens with one attached hydrogen (secondary N) is 2. The number of hydrogen-bond acceptors (Lipinski definition) is 3. The normalized spacial score (nSPS) is 16.0. The SMILES string of the molecule is CC(C)C(Br)C(=O)Nc1cnn(CC(=O)NC2CC2)c1. The highest BCUT2D eigenvalue weighted by molar-refractivity contribution is 9.10. The lowest BCUT2D eigenvalue weighted by Crippen LogP contribution is -2.29. The second-order valence-electron chi connectivity index (χ2n) is 5.40. The fourth-order valence-electron chi connectivity index (χ4n) is 1.68. The molecule has 2 rings (SSSR count). The molecule has 110 valence electrons. The third-order valence-corrected chi connectivity index (χ3v) is 4.46. The van der Waals surface area contributed by atoms with Crippen molar-refractivity contribution in [1.29, 1.82) is 0 Å². The molecule has 0 radical (unpaired) electrons. The second-order valence-corrected chi connectivity index (χ2v) is 6.39. The third-order valence-electron chi connectivity index (χ3n) is 2.98. The number of alkyl halides is 1. The molecule has 1 heterocycles. The molecule has 20 heavy (non-hydrogen) atoms. The van der Waals surface area contributed by atoms with Crippen molar-refractivity contribution < 1.29 is 9.59 Å². The summed E-state index contributed by atoms with van der Waals surface area (Å²) in [4.78, 5) is 23.2. The van der Waals surface area contributed by atoms with Crippen LogP contribution in [-0.4, -0.2) is 32.5 Å². The van der Waals surface area contributed by atoms with Gasteiger partial charge in [0.25, 0.3) is 0 Å². The van der Waals surface area contributed by atoms with Crippen LogP contribution in [0.4, 0.5) is 5.69 Å². The van der Waals surface area contributed by atoms with E-state index in [2.05, 4.69) is 31.7 Å². The number of nitrogens with zero attached hydrogens (tertiary/aromatic N) is 2. The maximum absolute atomic E-state index is 11.9. The van der Waals surface area contributed by atoms with E-state index in [0.717, 1.165) is 12.8 Å². The van der Waals surface area contributed by atoms with Gasteiger partial charge < -0.3 is 10.6 Å². The zero-order valence-corrected chi connectivity index (χ0v) is 13.2. The van der Waals surface area contributed by atoms with Gasteiger partial charge in [0.15, 0.2) is 0 Å². The highest BCUT2D eigenvalue weighted by atomic mass is 79.9. The maximum atomic E-state index is 11.9. The molecule has 1 aromatic heterocycles. The molecule has 0 saturated heterocycles. The number of amides is 2. The molecule has 0 spiro atoms. The van der Waals surface area contributed by atoms with Gasteiger partial charge in [0.05, 0.1) is 16.7 Å². The number of hydrogen-bond donors (Lipinski definition) is 2. The summed E-state index contributed by atoms with van der Waals surface area (Å²) in [5.74, 6) is 0.0466. The monoisotopic (exact) mass is 342 g/mol. The molecule has 1 unspecified atom stereocenters. The van der Waals surface area contributed by atoms with Gasteiger partial charge in [0.2, 0.25) is 11.8 Å². The Morgan fingerprint density at radius 2 is 2.20 bits per heavy atom. The molecule has 7 heteroatoms. The summed E-state index contributed by atoms with van der Waals surface area (Å²) < 4.78 is 1.52. The van der Waals surface area contributed by atoms with Gasteiger partial charge in [0.1, 0.15) is 6.54 Å². The zero-order valence-electron chi connectivity index (χ0n) is 11.6. The topological polar surface area (TPSA) is 76.0 Å². The van der Waals surface area contributed by atoms with Gasteiger partial charge in [0, 0.05) is 12.2 Å². The van der Waals surface area contributed by atoms with E-state index in [9.17, 15) is 9.59 Å². The Kier molecular flexibility index (Phi) is 4.80. The molecule has 2 N–H and O–H groups in total. The van der Waals surface area contributed by atoms with Crippen LogP contribution in [0.2, 0.25) is 0 Å². The summed E-state index contributed by atoms with van der Waals surface area (Å²) >= 11 is 3.34. The van der Waals surface area contributed by atoms with E-state index in [1.165, 1.54) is 4.68 Å². The summed E-state index contributed by atoms with van der Waals surface area (Å²) in [6.07, 6.45) is 5.33. The molecule has 1 fully saturated rings. The molecule has 1 atom stereocenters. The minimum atomic E-state index is -0.246. The molecule has 1 aliphatic carbocycles. The van der Waals surface area contributed by atoms with Crippen molar-refractivity contribution in [3.63, 3.8) is 0 Å². The Balaban J connectivity index is 1.85. The first-order valence-electron chi connectivity index (χ1n) is 6.72. The van der Waals surface area contributed by atoms with Crippen LogP contribution in [0.25, 0.3) is 0 Å². The third kappa shape index (κ3) is 4.33. The average molecular weight is 343 g/mol. The summed E-state index contributed by atoms with van der Waals surface area (Å²) in [7, 11) is 0. The van der Waals surface area contributed by atoms with Gasteiger partial charge in [-0.25, -0.2) is 0 Å². The smallest absolute Gasteiger partial charge is 0.241 e. The van der Waals surface area contributed by atoms with Crippen molar-refractivity contribution >= 4 is 33.4 Å². The number of carbonyl (C=O) groups is 2. The quantitative estimate of drug-likeness (QED) is 0.769. The predicted octanol–water partition coefficient (Wildman–Crippen LogP) is 1.52. The largest absolute Gasteiger partial charge is 0.352 e.